The number of aromatic nitrogens is 2. The van der Waals surface area contributed by atoms with Crippen LogP contribution in [0.4, 0.5) is 0 Å². The number of carboxylic acid groups (broad SMARTS) is 1. The maximum Gasteiger partial charge on any atom is 0.335 e. The second-order valence-corrected chi connectivity index (χ2v) is 4.96. The fourth-order valence-electron chi connectivity index (χ4n) is 2.48. The number of benzene rings is 1. The lowest BCUT2D eigenvalue weighted by Crippen LogP contribution is -2.30. The van der Waals surface area contributed by atoms with Gasteiger partial charge < -0.3 is 9.52 Å². The molecule has 1 aliphatic heterocycles. The topological polar surface area (TPSA) is 79.5 Å². The van der Waals surface area contributed by atoms with Crippen LogP contribution in [-0.4, -0.2) is 32.7 Å². The van der Waals surface area contributed by atoms with Crippen LogP contribution in [0, 0.1) is 6.92 Å². The molecule has 1 aromatic heterocycles. The molecule has 6 heteroatoms. The van der Waals surface area contributed by atoms with Crippen molar-refractivity contribution in [3.63, 3.8) is 0 Å². The monoisotopic (exact) mass is 273 g/mol. The highest BCUT2D eigenvalue weighted by atomic mass is 16.4. The van der Waals surface area contributed by atoms with Gasteiger partial charge in [0.2, 0.25) is 11.8 Å². The Balaban J connectivity index is 1.76. The Morgan fingerprint density at radius 1 is 1.40 bits per heavy atom. The standard InChI is InChI=1S/C14H15N3O3/c1-9-15-16-13(20-9)8-17-5-4-10-2-3-11(14(18)19)6-12(10)7-17/h2-3,6H,4-5,7-8H2,1H3,(H,18,19). The van der Waals surface area contributed by atoms with Gasteiger partial charge in [0.25, 0.3) is 0 Å². The van der Waals surface area contributed by atoms with Gasteiger partial charge >= 0.3 is 5.97 Å². The summed E-state index contributed by atoms with van der Waals surface area (Å²) >= 11 is 0. The van der Waals surface area contributed by atoms with E-state index in [2.05, 4.69) is 15.1 Å². The lowest BCUT2D eigenvalue weighted by molar-refractivity contribution is 0.0696. The molecule has 0 unspecified atom stereocenters. The first-order valence-electron chi connectivity index (χ1n) is 6.48. The van der Waals surface area contributed by atoms with Crippen molar-refractivity contribution in [2.45, 2.75) is 26.4 Å². The number of aryl methyl sites for hydroxylation is 1. The zero-order valence-corrected chi connectivity index (χ0v) is 11.2. The van der Waals surface area contributed by atoms with Gasteiger partial charge in [-0.2, -0.15) is 0 Å². The largest absolute Gasteiger partial charge is 0.478 e. The highest BCUT2D eigenvalue weighted by molar-refractivity contribution is 5.87. The summed E-state index contributed by atoms with van der Waals surface area (Å²) < 4.78 is 5.38. The zero-order chi connectivity index (χ0) is 14.1. The Kier molecular flexibility index (Phi) is 3.23. The number of rotatable bonds is 3. The van der Waals surface area contributed by atoms with E-state index < -0.39 is 5.97 Å². The van der Waals surface area contributed by atoms with Gasteiger partial charge in [-0.15, -0.1) is 10.2 Å². The Morgan fingerprint density at radius 2 is 2.25 bits per heavy atom. The van der Waals surface area contributed by atoms with Crippen molar-refractivity contribution in [3.8, 4) is 0 Å². The average Bonchev–Trinajstić information content (AvgIpc) is 2.83. The lowest BCUT2D eigenvalue weighted by Gasteiger charge is -2.27. The molecule has 1 aromatic carbocycles. The third-order valence-corrected chi connectivity index (χ3v) is 3.47. The third kappa shape index (κ3) is 2.55. The minimum Gasteiger partial charge on any atom is -0.478 e. The van der Waals surface area contributed by atoms with Gasteiger partial charge in [-0.25, -0.2) is 4.79 Å². The molecule has 0 amide bonds. The first kappa shape index (κ1) is 12.8. The number of nitrogens with zero attached hydrogens (tertiary/aromatic N) is 3. The van der Waals surface area contributed by atoms with Crippen LogP contribution < -0.4 is 0 Å². The van der Waals surface area contributed by atoms with Crippen LogP contribution in [0.15, 0.2) is 22.6 Å². The normalized spacial score (nSPS) is 15.1. The number of carbonyl (C=O) groups is 1. The van der Waals surface area contributed by atoms with Gasteiger partial charge in [0.1, 0.15) is 0 Å². The van der Waals surface area contributed by atoms with E-state index in [1.165, 1.54) is 5.56 Å². The zero-order valence-electron chi connectivity index (χ0n) is 11.2. The van der Waals surface area contributed by atoms with Crippen molar-refractivity contribution in [3.05, 3.63) is 46.7 Å². The molecule has 0 saturated carbocycles. The van der Waals surface area contributed by atoms with Crippen LogP contribution in [0.5, 0.6) is 0 Å². The van der Waals surface area contributed by atoms with Crippen LogP contribution >= 0.6 is 0 Å². The molecular weight excluding hydrogens is 258 g/mol. The van der Waals surface area contributed by atoms with Crippen molar-refractivity contribution in [1.82, 2.24) is 15.1 Å². The van der Waals surface area contributed by atoms with Crippen molar-refractivity contribution in [1.29, 1.82) is 0 Å². The molecule has 0 radical (unpaired) electrons. The predicted molar refractivity (Wildman–Crippen MR) is 70.3 cm³/mol. The summed E-state index contributed by atoms with van der Waals surface area (Å²) in [5.41, 5.74) is 2.61. The van der Waals surface area contributed by atoms with E-state index in [0.717, 1.165) is 18.5 Å². The first-order chi connectivity index (χ1) is 9.61. The first-order valence-corrected chi connectivity index (χ1v) is 6.48. The highest BCUT2D eigenvalue weighted by Crippen LogP contribution is 2.21. The molecule has 2 heterocycles. The number of fused-ring (bicyclic) bond motifs is 1. The van der Waals surface area contributed by atoms with E-state index in [0.29, 0.717) is 30.4 Å². The van der Waals surface area contributed by atoms with Crippen molar-refractivity contribution >= 4 is 5.97 Å². The molecular formula is C14H15N3O3. The van der Waals surface area contributed by atoms with Gasteiger partial charge in [0.15, 0.2) is 0 Å². The second-order valence-electron chi connectivity index (χ2n) is 4.96. The fraction of sp³-hybridized carbons (Fsp3) is 0.357. The molecule has 0 saturated heterocycles. The number of hydrogen-bond donors (Lipinski definition) is 1. The van der Waals surface area contributed by atoms with E-state index >= 15 is 0 Å². The molecule has 3 rings (SSSR count). The molecule has 0 atom stereocenters. The maximum atomic E-state index is 11.0. The average molecular weight is 273 g/mol. The van der Waals surface area contributed by atoms with Gasteiger partial charge in [-0.1, -0.05) is 6.07 Å². The van der Waals surface area contributed by atoms with Crippen LogP contribution in [0.2, 0.25) is 0 Å². The lowest BCUT2D eigenvalue weighted by atomic mass is 9.97. The van der Waals surface area contributed by atoms with Crippen LogP contribution in [-0.2, 0) is 19.5 Å². The fourth-order valence-corrected chi connectivity index (χ4v) is 2.48. The molecule has 0 spiro atoms. The summed E-state index contributed by atoms with van der Waals surface area (Å²) in [6, 6.07) is 5.33. The van der Waals surface area contributed by atoms with Crippen LogP contribution in [0.1, 0.15) is 33.3 Å². The minimum absolute atomic E-state index is 0.333. The third-order valence-electron chi connectivity index (χ3n) is 3.47. The molecule has 1 aliphatic rings. The number of aromatic carboxylic acids is 1. The quantitative estimate of drug-likeness (QED) is 0.915. The van der Waals surface area contributed by atoms with Crippen molar-refractivity contribution < 1.29 is 14.3 Å². The minimum atomic E-state index is -0.891. The predicted octanol–water partition coefficient (Wildman–Crippen LogP) is 1.63. The van der Waals surface area contributed by atoms with Gasteiger partial charge in [0, 0.05) is 20.0 Å². The van der Waals surface area contributed by atoms with Gasteiger partial charge in [-0.05, 0) is 29.7 Å². The number of hydrogen-bond acceptors (Lipinski definition) is 5. The van der Waals surface area contributed by atoms with E-state index in [-0.39, 0.29) is 0 Å². The van der Waals surface area contributed by atoms with Crippen molar-refractivity contribution in [2.75, 3.05) is 6.54 Å². The van der Waals surface area contributed by atoms with E-state index in [9.17, 15) is 4.79 Å². The summed E-state index contributed by atoms with van der Waals surface area (Å²) in [6.45, 7) is 3.97. The Labute approximate surface area is 116 Å². The molecule has 104 valence electrons. The van der Waals surface area contributed by atoms with Gasteiger partial charge in [0.05, 0.1) is 12.1 Å². The second kappa shape index (κ2) is 5.05. The molecule has 0 bridgehead atoms. The maximum absolute atomic E-state index is 11.0. The summed E-state index contributed by atoms with van der Waals surface area (Å²) in [4.78, 5) is 13.2. The molecule has 0 aliphatic carbocycles. The van der Waals surface area contributed by atoms with Crippen LogP contribution in [0.25, 0.3) is 0 Å². The number of carboxylic acids is 1. The molecule has 1 N–H and O–H groups in total. The molecule has 6 nitrogen and oxygen atoms in total. The molecule has 2 aromatic rings. The summed E-state index contributed by atoms with van der Waals surface area (Å²) in [6.07, 6.45) is 0.905. The Bertz CT molecular complexity index is 651. The van der Waals surface area contributed by atoms with E-state index in [1.54, 1.807) is 19.1 Å². The highest BCUT2D eigenvalue weighted by Gasteiger charge is 2.19. The Morgan fingerprint density at radius 3 is 2.95 bits per heavy atom. The summed E-state index contributed by atoms with van der Waals surface area (Å²) in [5, 5.41) is 16.8. The SMILES string of the molecule is Cc1nnc(CN2CCc3ccc(C(=O)O)cc3C2)o1. The molecule has 20 heavy (non-hydrogen) atoms. The van der Waals surface area contributed by atoms with Crippen molar-refractivity contribution in [2.24, 2.45) is 0 Å². The summed E-state index contributed by atoms with van der Waals surface area (Å²) in [5.74, 6) is 0.267. The van der Waals surface area contributed by atoms with E-state index in [4.69, 9.17) is 9.52 Å². The molecule has 0 fully saturated rings. The van der Waals surface area contributed by atoms with Gasteiger partial charge in [-0.3, -0.25) is 4.90 Å². The smallest absolute Gasteiger partial charge is 0.335 e. The summed E-state index contributed by atoms with van der Waals surface area (Å²) in [7, 11) is 0. The Hall–Kier alpha value is -2.21. The van der Waals surface area contributed by atoms with Crippen LogP contribution in [0.3, 0.4) is 0 Å². The van der Waals surface area contributed by atoms with E-state index in [1.807, 2.05) is 6.07 Å².